The predicted octanol–water partition coefficient (Wildman–Crippen LogP) is 9.58. The molecule has 0 fully saturated rings. The van der Waals surface area contributed by atoms with Crippen LogP contribution in [0.3, 0.4) is 0 Å². The molecule has 1 heterocycles. The second kappa shape index (κ2) is 12.5. The van der Waals surface area contributed by atoms with E-state index >= 15 is 0 Å². The van der Waals surface area contributed by atoms with Gasteiger partial charge >= 0.3 is 12.1 Å². The molecule has 224 valence electrons. The second-order valence-corrected chi connectivity index (χ2v) is 10.4. The normalized spacial score (nSPS) is 11.4. The lowest BCUT2D eigenvalue weighted by molar-refractivity contribution is -0.136. The number of carboxylic acids is 1. The minimum atomic E-state index is -4.55. The van der Waals surface area contributed by atoms with E-state index in [1.54, 1.807) is 60.7 Å². The van der Waals surface area contributed by atoms with Crippen molar-refractivity contribution >= 4 is 16.9 Å². The maximum absolute atomic E-state index is 13.9. The van der Waals surface area contributed by atoms with E-state index in [0.717, 1.165) is 22.8 Å². The zero-order chi connectivity index (χ0) is 31.4. The zero-order valence-electron chi connectivity index (χ0n) is 23.8. The van der Waals surface area contributed by atoms with Crippen LogP contribution in [0.2, 0.25) is 0 Å². The summed E-state index contributed by atoms with van der Waals surface area (Å²) in [6.45, 7) is 0.199. The largest absolute Gasteiger partial charge is 0.489 e. The molecule has 0 radical (unpaired) electrons. The molecule has 6 rings (SSSR count). The summed E-state index contributed by atoms with van der Waals surface area (Å²) in [6.07, 6.45) is -2.53. The molecule has 0 aliphatic heterocycles. The first-order valence-electron chi connectivity index (χ1n) is 14.1. The SMILES string of the molecule is O=C(O)c1cccc(COc2ccc(Oc3cccc(-c4c(Cc5ccccc5)cnc5c(C(F)(F)F)cccc45)c3)cc2)c1. The zero-order valence-corrected chi connectivity index (χ0v) is 23.8. The summed E-state index contributed by atoms with van der Waals surface area (Å²) in [5.41, 5.74) is 3.20. The number of halogens is 3. The van der Waals surface area contributed by atoms with Gasteiger partial charge in [-0.05, 0) is 88.8 Å². The maximum atomic E-state index is 13.9. The minimum Gasteiger partial charge on any atom is -0.489 e. The molecule has 0 atom stereocenters. The van der Waals surface area contributed by atoms with Gasteiger partial charge in [-0.15, -0.1) is 0 Å². The van der Waals surface area contributed by atoms with Crippen LogP contribution in [0.5, 0.6) is 17.2 Å². The number of para-hydroxylation sites is 1. The van der Waals surface area contributed by atoms with Gasteiger partial charge in [0.25, 0.3) is 0 Å². The molecular formula is C37H26F3NO4. The number of hydrogen-bond acceptors (Lipinski definition) is 4. The molecule has 1 aromatic heterocycles. The standard InChI is InChI=1S/C37H26F3NO4/c38-37(39,40)33-14-6-13-32-34(28(22-41-35(32)33)19-24-7-2-1-3-8-24)26-10-5-12-31(21-26)45-30-17-15-29(16-18-30)44-23-25-9-4-11-27(20-25)36(42)43/h1-18,20-22H,19,23H2,(H,42,43). The highest BCUT2D eigenvalue weighted by atomic mass is 19.4. The van der Waals surface area contributed by atoms with Gasteiger partial charge in [0.05, 0.1) is 16.6 Å². The predicted molar refractivity (Wildman–Crippen MR) is 166 cm³/mol. The molecule has 8 heteroatoms. The average Bonchev–Trinajstić information content (AvgIpc) is 3.04. The average molecular weight is 606 g/mol. The number of nitrogens with zero attached hydrogens (tertiary/aromatic N) is 1. The van der Waals surface area contributed by atoms with E-state index in [1.807, 2.05) is 42.5 Å². The van der Waals surface area contributed by atoms with Gasteiger partial charge in [-0.25, -0.2) is 4.79 Å². The molecule has 0 saturated heterocycles. The Morgan fingerprint density at radius 2 is 1.44 bits per heavy atom. The lowest BCUT2D eigenvalue weighted by atomic mass is 9.92. The Morgan fingerprint density at radius 3 is 2.20 bits per heavy atom. The minimum absolute atomic E-state index is 0.103. The molecule has 45 heavy (non-hydrogen) atoms. The summed E-state index contributed by atoms with van der Waals surface area (Å²) in [7, 11) is 0. The highest BCUT2D eigenvalue weighted by molar-refractivity contribution is 5.98. The highest BCUT2D eigenvalue weighted by Crippen LogP contribution is 2.40. The van der Waals surface area contributed by atoms with Crippen molar-refractivity contribution in [1.82, 2.24) is 4.98 Å². The highest BCUT2D eigenvalue weighted by Gasteiger charge is 2.33. The molecule has 1 N–H and O–H groups in total. The van der Waals surface area contributed by atoms with Crippen molar-refractivity contribution in [2.75, 3.05) is 0 Å². The van der Waals surface area contributed by atoms with Crippen LogP contribution in [0.15, 0.2) is 128 Å². The fourth-order valence-electron chi connectivity index (χ4n) is 5.20. The van der Waals surface area contributed by atoms with Crippen molar-refractivity contribution in [1.29, 1.82) is 0 Å². The number of aromatic carboxylic acids is 1. The van der Waals surface area contributed by atoms with Gasteiger partial charge in [0.1, 0.15) is 23.9 Å². The second-order valence-electron chi connectivity index (χ2n) is 10.4. The first-order chi connectivity index (χ1) is 21.7. The summed E-state index contributed by atoms with van der Waals surface area (Å²) in [4.78, 5) is 15.5. The fraction of sp³-hybridized carbons (Fsp3) is 0.0811. The quantitative estimate of drug-likeness (QED) is 0.178. The van der Waals surface area contributed by atoms with E-state index in [0.29, 0.717) is 40.2 Å². The number of ether oxygens (including phenoxy) is 2. The molecule has 0 unspecified atom stereocenters. The van der Waals surface area contributed by atoms with Gasteiger partial charge in [0, 0.05) is 11.6 Å². The Balaban J connectivity index is 1.28. The van der Waals surface area contributed by atoms with E-state index in [-0.39, 0.29) is 17.7 Å². The van der Waals surface area contributed by atoms with Crippen molar-refractivity contribution in [3.8, 4) is 28.4 Å². The van der Waals surface area contributed by atoms with Gasteiger partial charge in [-0.3, -0.25) is 4.98 Å². The topological polar surface area (TPSA) is 68.7 Å². The Morgan fingerprint density at radius 1 is 0.733 bits per heavy atom. The molecule has 0 saturated carbocycles. The monoisotopic (exact) mass is 605 g/mol. The first-order valence-corrected chi connectivity index (χ1v) is 14.1. The number of hydrogen-bond donors (Lipinski definition) is 1. The molecule has 0 bridgehead atoms. The van der Waals surface area contributed by atoms with Gasteiger partial charge in [0.15, 0.2) is 0 Å². The third-order valence-corrected chi connectivity index (χ3v) is 7.28. The van der Waals surface area contributed by atoms with Crippen LogP contribution in [0.1, 0.15) is 32.6 Å². The molecule has 5 aromatic carbocycles. The first kappa shape index (κ1) is 29.4. The Bertz CT molecular complexity index is 1970. The summed E-state index contributed by atoms with van der Waals surface area (Å²) in [6, 6.07) is 34.6. The van der Waals surface area contributed by atoms with Crippen molar-refractivity contribution in [3.63, 3.8) is 0 Å². The van der Waals surface area contributed by atoms with Gasteiger partial charge in [0.2, 0.25) is 0 Å². The Kier molecular flexibility index (Phi) is 8.20. The van der Waals surface area contributed by atoms with Crippen LogP contribution in [0.25, 0.3) is 22.0 Å². The molecule has 5 nitrogen and oxygen atoms in total. The van der Waals surface area contributed by atoms with E-state index in [9.17, 15) is 23.1 Å². The van der Waals surface area contributed by atoms with Crippen LogP contribution < -0.4 is 9.47 Å². The molecule has 0 aliphatic rings. The number of carbonyl (C=O) groups is 1. The lowest BCUT2D eigenvalue weighted by Crippen LogP contribution is -2.07. The maximum Gasteiger partial charge on any atom is 0.418 e. The Hall–Kier alpha value is -5.63. The molecule has 0 spiro atoms. The summed E-state index contributed by atoms with van der Waals surface area (Å²) in [5.74, 6) is 0.620. The van der Waals surface area contributed by atoms with Crippen molar-refractivity contribution in [2.24, 2.45) is 0 Å². The number of alkyl halides is 3. The molecular weight excluding hydrogens is 579 g/mol. The molecule has 6 aromatic rings. The summed E-state index contributed by atoms with van der Waals surface area (Å²) >= 11 is 0. The van der Waals surface area contributed by atoms with Crippen molar-refractivity contribution in [2.45, 2.75) is 19.2 Å². The van der Waals surface area contributed by atoms with Crippen LogP contribution >= 0.6 is 0 Å². The number of fused-ring (bicyclic) bond motifs is 1. The number of pyridine rings is 1. The van der Waals surface area contributed by atoms with E-state index in [2.05, 4.69) is 4.98 Å². The number of benzene rings is 5. The van der Waals surface area contributed by atoms with Crippen LogP contribution in [-0.2, 0) is 19.2 Å². The van der Waals surface area contributed by atoms with E-state index in [4.69, 9.17) is 9.47 Å². The fourth-order valence-corrected chi connectivity index (χ4v) is 5.20. The third-order valence-electron chi connectivity index (χ3n) is 7.28. The van der Waals surface area contributed by atoms with Gasteiger partial charge < -0.3 is 14.6 Å². The summed E-state index contributed by atoms with van der Waals surface area (Å²) < 4.78 is 53.7. The van der Waals surface area contributed by atoms with Gasteiger partial charge in [-0.1, -0.05) is 66.7 Å². The van der Waals surface area contributed by atoms with E-state index < -0.39 is 17.7 Å². The molecule has 0 amide bonds. The van der Waals surface area contributed by atoms with Gasteiger partial charge in [-0.2, -0.15) is 13.2 Å². The van der Waals surface area contributed by atoms with Crippen LogP contribution in [0, 0.1) is 0 Å². The van der Waals surface area contributed by atoms with Crippen molar-refractivity contribution in [3.05, 3.63) is 155 Å². The summed E-state index contributed by atoms with van der Waals surface area (Å²) in [5, 5.41) is 9.60. The van der Waals surface area contributed by atoms with Crippen LogP contribution in [0.4, 0.5) is 13.2 Å². The van der Waals surface area contributed by atoms with E-state index in [1.165, 1.54) is 18.3 Å². The third kappa shape index (κ3) is 6.80. The Labute approximate surface area is 257 Å². The number of rotatable bonds is 9. The molecule has 0 aliphatic carbocycles. The van der Waals surface area contributed by atoms with Crippen LogP contribution in [-0.4, -0.2) is 16.1 Å². The van der Waals surface area contributed by atoms with Crippen molar-refractivity contribution < 1.29 is 32.5 Å². The lowest BCUT2D eigenvalue weighted by Gasteiger charge is -2.17. The smallest absolute Gasteiger partial charge is 0.418 e. The number of carboxylic acid groups (broad SMARTS) is 1. The number of aromatic nitrogens is 1.